The lowest BCUT2D eigenvalue weighted by Crippen LogP contribution is -2.35. The molecule has 4 aromatic rings. The van der Waals surface area contributed by atoms with Gasteiger partial charge in [-0.15, -0.1) is 0 Å². The van der Waals surface area contributed by atoms with E-state index in [-0.39, 0.29) is 11.9 Å². The number of nitrogens with two attached hydrogens (primary N) is 2. The summed E-state index contributed by atoms with van der Waals surface area (Å²) in [4.78, 5) is 22.2. The quantitative estimate of drug-likeness (QED) is 0.0710. The molecule has 13 nitrogen and oxygen atoms in total. The number of anilines is 1. The van der Waals surface area contributed by atoms with Crippen molar-refractivity contribution in [1.82, 2.24) is 24.6 Å². The van der Waals surface area contributed by atoms with Crippen molar-refractivity contribution < 1.29 is 28.5 Å². The Labute approximate surface area is 313 Å². The molecule has 0 unspecified atom stereocenters. The summed E-state index contributed by atoms with van der Waals surface area (Å²) in [6, 6.07) is 17.9. The second-order valence-corrected chi connectivity index (χ2v) is 13.4. The molecule has 1 aliphatic heterocycles. The Balaban J connectivity index is 0.895. The maximum atomic E-state index is 10.7. The number of ether oxygens (including phenoxy) is 5. The smallest absolute Gasteiger partial charge is 0.217 e. The minimum absolute atomic E-state index is 0.241. The standard InChI is InChI=1S/C40H57N7O6/c41-36(48)13-7-4-10-24-50-26-28-52-30-29-51-27-25-49-23-9-2-1-8-20-46-21-18-33(19-22-46)47-40-37(39(42)43-31-44-40)38(45-47)32-14-16-35(17-15-32)53-34-11-5-3-6-12-34/h3,5-6,11-12,14-17,31,33H,1-2,4,7-10,13,18-30H2,(H2,41,48)(H2,42,43,44). The zero-order chi connectivity index (χ0) is 36.9. The summed E-state index contributed by atoms with van der Waals surface area (Å²) < 4.78 is 30.4. The number of carbonyl (C=O) groups excluding carboxylic acids is 1. The van der Waals surface area contributed by atoms with Crippen molar-refractivity contribution >= 4 is 22.8 Å². The summed E-state index contributed by atoms with van der Waals surface area (Å²) in [5, 5.41) is 5.88. The Morgan fingerprint density at radius 3 is 1.92 bits per heavy atom. The van der Waals surface area contributed by atoms with Crippen molar-refractivity contribution in [1.29, 1.82) is 0 Å². The van der Waals surface area contributed by atoms with E-state index in [1.807, 2.05) is 54.6 Å². The van der Waals surface area contributed by atoms with Gasteiger partial charge >= 0.3 is 0 Å². The van der Waals surface area contributed by atoms with Gasteiger partial charge in [0.1, 0.15) is 29.3 Å². The fourth-order valence-electron chi connectivity index (χ4n) is 6.48. The molecule has 288 valence electrons. The highest BCUT2D eigenvalue weighted by Crippen LogP contribution is 2.35. The number of fused-ring (bicyclic) bond motifs is 1. The number of nitrogens with zero attached hydrogens (tertiary/aromatic N) is 5. The highest BCUT2D eigenvalue weighted by molar-refractivity contribution is 5.98. The maximum Gasteiger partial charge on any atom is 0.217 e. The molecule has 2 aromatic carbocycles. The Bertz CT molecular complexity index is 1610. The van der Waals surface area contributed by atoms with Crippen LogP contribution in [0.3, 0.4) is 0 Å². The highest BCUT2D eigenvalue weighted by Gasteiger charge is 2.26. The second kappa shape index (κ2) is 22.8. The third kappa shape index (κ3) is 13.7. The number of hydrogen-bond donors (Lipinski definition) is 2. The van der Waals surface area contributed by atoms with Crippen LogP contribution in [-0.4, -0.2) is 103 Å². The number of piperidine rings is 1. The number of para-hydroxylation sites is 1. The average Bonchev–Trinajstić information content (AvgIpc) is 3.57. The molecule has 0 atom stereocenters. The number of unbranched alkanes of at least 4 members (excludes halogenated alkanes) is 5. The Hall–Kier alpha value is -4.14. The second-order valence-electron chi connectivity index (χ2n) is 13.4. The number of amides is 1. The number of likely N-dealkylation sites (tertiary alicyclic amines) is 1. The third-order valence-corrected chi connectivity index (χ3v) is 9.37. The van der Waals surface area contributed by atoms with Gasteiger partial charge in [0.05, 0.1) is 51.1 Å². The van der Waals surface area contributed by atoms with E-state index in [1.54, 1.807) is 0 Å². The van der Waals surface area contributed by atoms with E-state index < -0.39 is 0 Å². The van der Waals surface area contributed by atoms with E-state index in [1.165, 1.54) is 25.6 Å². The summed E-state index contributed by atoms with van der Waals surface area (Å²) in [5.41, 5.74) is 14.1. The van der Waals surface area contributed by atoms with Crippen LogP contribution in [0.1, 0.15) is 70.3 Å². The monoisotopic (exact) mass is 731 g/mol. The molecule has 0 bridgehead atoms. The molecular weight excluding hydrogens is 674 g/mol. The maximum absolute atomic E-state index is 10.7. The lowest BCUT2D eigenvalue weighted by molar-refractivity contribution is -0.118. The van der Waals surface area contributed by atoms with Crippen LogP contribution in [0.2, 0.25) is 0 Å². The molecule has 13 heteroatoms. The lowest BCUT2D eigenvalue weighted by Gasteiger charge is -2.32. The van der Waals surface area contributed by atoms with E-state index in [2.05, 4.69) is 19.5 Å². The van der Waals surface area contributed by atoms with E-state index in [0.29, 0.717) is 58.5 Å². The average molecular weight is 732 g/mol. The molecule has 53 heavy (non-hydrogen) atoms. The Kier molecular flexibility index (Phi) is 17.2. The number of nitrogen functional groups attached to an aromatic ring is 1. The van der Waals surface area contributed by atoms with E-state index in [0.717, 1.165) is 98.6 Å². The topological polar surface area (TPSA) is 162 Å². The summed E-state index contributed by atoms with van der Waals surface area (Å²) in [6.45, 7) is 8.05. The van der Waals surface area contributed by atoms with Gasteiger partial charge in [-0.05, 0) is 81.5 Å². The largest absolute Gasteiger partial charge is 0.457 e. The summed E-state index contributed by atoms with van der Waals surface area (Å²) in [6.07, 6.45) is 11.4. The van der Waals surface area contributed by atoms with Gasteiger partial charge in [0.2, 0.25) is 5.91 Å². The zero-order valence-corrected chi connectivity index (χ0v) is 31.0. The fraction of sp³-hybridized carbons (Fsp3) is 0.550. The van der Waals surface area contributed by atoms with Gasteiger partial charge in [0.25, 0.3) is 0 Å². The van der Waals surface area contributed by atoms with Crippen molar-refractivity contribution in [2.75, 3.05) is 78.2 Å². The van der Waals surface area contributed by atoms with Crippen LogP contribution in [0.25, 0.3) is 22.3 Å². The molecule has 1 saturated heterocycles. The molecular formula is C40H57N7O6. The van der Waals surface area contributed by atoms with E-state index >= 15 is 0 Å². The molecule has 2 aromatic heterocycles. The summed E-state index contributed by atoms with van der Waals surface area (Å²) >= 11 is 0. The first-order valence-electron chi connectivity index (χ1n) is 19.2. The van der Waals surface area contributed by atoms with E-state index in [9.17, 15) is 4.79 Å². The van der Waals surface area contributed by atoms with Crippen LogP contribution in [0, 0.1) is 0 Å². The first-order valence-corrected chi connectivity index (χ1v) is 19.2. The van der Waals surface area contributed by atoms with Crippen LogP contribution in [0.15, 0.2) is 60.9 Å². The number of benzene rings is 2. The third-order valence-electron chi connectivity index (χ3n) is 9.37. The molecule has 1 aliphatic rings. The zero-order valence-electron chi connectivity index (χ0n) is 31.0. The van der Waals surface area contributed by atoms with Crippen molar-refractivity contribution in [3.05, 3.63) is 60.9 Å². The van der Waals surface area contributed by atoms with Crippen LogP contribution < -0.4 is 16.2 Å². The van der Waals surface area contributed by atoms with Gasteiger partial charge in [0.15, 0.2) is 5.65 Å². The predicted octanol–water partition coefficient (Wildman–Crippen LogP) is 6.18. The van der Waals surface area contributed by atoms with Crippen LogP contribution in [0.4, 0.5) is 5.82 Å². The molecule has 1 fully saturated rings. The minimum Gasteiger partial charge on any atom is -0.457 e. The molecule has 0 saturated carbocycles. The number of primary amides is 1. The molecule has 5 rings (SSSR count). The number of aromatic nitrogens is 4. The lowest BCUT2D eigenvalue weighted by atomic mass is 10.0. The van der Waals surface area contributed by atoms with Crippen molar-refractivity contribution in [3.8, 4) is 22.8 Å². The molecule has 3 heterocycles. The van der Waals surface area contributed by atoms with Crippen molar-refractivity contribution in [2.24, 2.45) is 5.73 Å². The van der Waals surface area contributed by atoms with Crippen molar-refractivity contribution in [3.63, 3.8) is 0 Å². The normalized spacial score (nSPS) is 13.9. The Morgan fingerprint density at radius 1 is 0.698 bits per heavy atom. The van der Waals surface area contributed by atoms with Crippen LogP contribution >= 0.6 is 0 Å². The van der Waals surface area contributed by atoms with Crippen LogP contribution in [-0.2, 0) is 23.7 Å². The van der Waals surface area contributed by atoms with Gasteiger partial charge in [-0.2, -0.15) is 5.10 Å². The fourth-order valence-corrected chi connectivity index (χ4v) is 6.48. The molecule has 4 N–H and O–H groups in total. The van der Waals surface area contributed by atoms with E-state index in [4.69, 9.17) is 40.3 Å². The minimum atomic E-state index is -0.241. The highest BCUT2D eigenvalue weighted by atomic mass is 16.6. The molecule has 1 amide bonds. The molecule has 0 aliphatic carbocycles. The SMILES string of the molecule is NC(=O)CCCCCOCCOCCOCCOCCCCCCN1CCC(n2nc(-c3ccc(Oc4ccccc4)cc3)c3c(N)ncnc32)CC1. The van der Waals surface area contributed by atoms with Crippen LogP contribution in [0.5, 0.6) is 11.5 Å². The molecule has 0 spiro atoms. The van der Waals surface area contributed by atoms with Gasteiger partial charge < -0.3 is 40.1 Å². The van der Waals surface area contributed by atoms with Crippen molar-refractivity contribution in [2.45, 2.75) is 70.3 Å². The predicted molar refractivity (Wildman–Crippen MR) is 206 cm³/mol. The Morgan fingerprint density at radius 2 is 1.28 bits per heavy atom. The number of rotatable bonds is 26. The summed E-state index contributed by atoms with van der Waals surface area (Å²) in [7, 11) is 0. The van der Waals surface area contributed by atoms with Gasteiger partial charge in [-0.3, -0.25) is 4.79 Å². The van der Waals surface area contributed by atoms with Gasteiger partial charge in [-0.1, -0.05) is 37.5 Å². The first kappa shape index (κ1) is 40.1. The number of hydrogen-bond acceptors (Lipinski definition) is 11. The number of carbonyl (C=O) groups is 1. The van der Waals surface area contributed by atoms with Gasteiger partial charge in [0, 0.05) is 38.3 Å². The molecule has 0 radical (unpaired) electrons. The van der Waals surface area contributed by atoms with Gasteiger partial charge in [-0.25, -0.2) is 14.6 Å². The first-order chi connectivity index (χ1) is 26.1. The summed E-state index contributed by atoms with van der Waals surface area (Å²) in [5.74, 6) is 1.76.